The number of likely N-dealkylation sites (N-methyl/N-ethyl adjacent to an activating group) is 2. The number of rotatable bonds is 4. The first kappa shape index (κ1) is 25.6. The molecule has 1 aliphatic heterocycles. The molecule has 2 heterocycles. The third-order valence-electron chi connectivity index (χ3n) is 6.17. The van der Waals surface area contributed by atoms with Crippen LogP contribution in [0.2, 0.25) is 0 Å². The molecule has 0 bridgehead atoms. The second-order valence-electron chi connectivity index (χ2n) is 9.91. The van der Waals surface area contributed by atoms with E-state index in [9.17, 15) is 24.5 Å². The van der Waals surface area contributed by atoms with Crippen LogP contribution in [0, 0.1) is 10.1 Å². The number of carbonyl (C=O) groups is 3. The Morgan fingerprint density at radius 2 is 1.76 bits per heavy atom. The molecule has 2 amide bonds. The second-order valence-corrected chi connectivity index (χ2v) is 9.91. The zero-order valence-corrected chi connectivity index (χ0v) is 21.3. The number of non-ortho nitro benzene ring substituents is 1. The predicted octanol–water partition coefficient (Wildman–Crippen LogP) is 4.22. The maximum atomic E-state index is 13.4. The fourth-order valence-electron chi connectivity index (χ4n) is 4.36. The summed E-state index contributed by atoms with van der Waals surface area (Å²) >= 11 is 0. The Bertz CT molecular complexity index is 1430. The third-order valence-corrected chi connectivity index (χ3v) is 6.17. The fraction of sp³-hybridized carbons (Fsp3) is 0.296. The number of hydrogen-bond acceptors (Lipinski definition) is 6. The van der Waals surface area contributed by atoms with E-state index in [1.165, 1.54) is 45.8 Å². The van der Waals surface area contributed by atoms with Gasteiger partial charge in [0.05, 0.1) is 15.8 Å². The molecule has 1 unspecified atom stereocenters. The Labute approximate surface area is 213 Å². The molecule has 1 fully saturated rings. The number of hydrogen-bond donors (Lipinski definition) is 0. The molecule has 2 aromatic carbocycles. The van der Waals surface area contributed by atoms with E-state index in [0.717, 1.165) is 5.56 Å². The van der Waals surface area contributed by atoms with Gasteiger partial charge in [-0.15, -0.1) is 0 Å². The normalized spacial score (nSPS) is 17.5. The SMILES string of the molecule is CN1C(=O)C(Cc2ccccc2)N(C)C(=O)/C1=C/c1cn(C(=O)OC(C)(C)C)c2cccc([N+](=O)[O-])c12. The molecule has 0 aliphatic carbocycles. The van der Waals surface area contributed by atoms with Crippen LogP contribution >= 0.6 is 0 Å². The van der Waals surface area contributed by atoms with Crippen molar-refractivity contribution in [3.05, 3.63) is 81.7 Å². The standard InChI is InChI=1S/C27H28N4O6/c1-27(2,3)37-26(34)30-16-18(23-19(30)12-9-13-20(23)31(35)36)15-22-25(33)28(4)21(24(32)29(22)5)14-17-10-7-6-8-11-17/h6-13,15-16,21H,14H2,1-5H3/b22-15-. The van der Waals surface area contributed by atoms with Gasteiger partial charge < -0.3 is 14.5 Å². The van der Waals surface area contributed by atoms with Gasteiger partial charge in [0.15, 0.2) is 0 Å². The lowest BCUT2D eigenvalue weighted by Crippen LogP contribution is -2.56. The van der Waals surface area contributed by atoms with E-state index < -0.39 is 28.6 Å². The van der Waals surface area contributed by atoms with E-state index in [1.54, 1.807) is 33.9 Å². The summed E-state index contributed by atoms with van der Waals surface area (Å²) in [6, 6.07) is 13.1. The second kappa shape index (κ2) is 9.53. The quantitative estimate of drug-likeness (QED) is 0.299. The molecule has 0 radical (unpaired) electrons. The molecule has 1 aromatic heterocycles. The molecule has 0 spiro atoms. The first-order valence-electron chi connectivity index (χ1n) is 11.7. The Hall–Kier alpha value is -4.47. The van der Waals surface area contributed by atoms with Gasteiger partial charge in [0, 0.05) is 38.3 Å². The summed E-state index contributed by atoms with van der Waals surface area (Å²) < 4.78 is 6.65. The van der Waals surface area contributed by atoms with Crippen LogP contribution in [-0.2, 0) is 20.7 Å². The van der Waals surface area contributed by atoms with Crippen LogP contribution in [0.15, 0.2) is 60.4 Å². The van der Waals surface area contributed by atoms with Gasteiger partial charge in [-0.2, -0.15) is 0 Å². The van der Waals surface area contributed by atoms with Gasteiger partial charge in [-0.3, -0.25) is 24.3 Å². The molecule has 1 atom stereocenters. The molecule has 3 aromatic rings. The van der Waals surface area contributed by atoms with Crippen molar-refractivity contribution in [2.24, 2.45) is 0 Å². The molecule has 10 heteroatoms. The van der Waals surface area contributed by atoms with E-state index >= 15 is 0 Å². The average Bonchev–Trinajstić information content (AvgIpc) is 3.21. The molecule has 192 valence electrons. The maximum Gasteiger partial charge on any atom is 0.419 e. The third kappa shape index (κ3) is 4.95. The van der Waals surface area contributed by atoms with Crippen molar-refractivity contribution in [3.8, 4) is 0 Å². The molecular formula is C27H28N4O6. The minimum absolute atomic E-state index is 0.0400. The van der Waals surface area contributed by atoms with Crippen molar-refractivity contribution in [1.29, 1.82) is 0 Å². The average molecular weight is 505 g/mol. The van der Waals surface area contributed by atoms with Gasteiger partial charge in [-0.1, -0.05) is 36.4 Å². The molecular weight excluding hydrogens is 476 g/mol. The van der Waals surface area contributed by atoms with Gasteiger partial charge >= 0.3 is 6.09 Å². The summed E-state index contributed by atoms with van der Waals surface area (Å²) in [7, 11) is 3.06. The number of benzene rings is 2. The van der Waals surface area contributed by atoms with E-state index in [1.807, 2.05) is 30.3 Å². The molecule has 0 N–H and O–H groups in total. The molecule has 1 aliphatic rings. The van der Waals surface area contributed by atoms with Crippen molar-refractivity contribution < 1.29 is 24.0 Å². The number of amides is 2. The summed E-state index contributed by atoms with van der Waals surface area (Å²) in [5, 5.41) is 12.0. The van der Waals surface area contributed by atoms with Gasteiger partial charge in [-0.25, -0.2) is 4.79 Å². The zero-order valence-electron chi connectivity index (χ0n) is 21.3. The first-order valence-corrected chi connectivity index (χ1v) is 11.7. The summed E-state index contributed by atoms with van der Waals surface area (Å²) in [5.74, 6) is -0.706. The Morgan fingerprint density at radius 1 is 1.08 bits per heavy atom. The summed E-state index contributed by atoms with van der Waals surface area (Å²) in [6.07, 6.45) is 2.43. The van der Waals surface area contributed by atoms with Crippen molar-refractivity contribution in [2.45, 2.75) is 38.8 Å². The highest BCUT2D eigenvalue weighted by Gasteiger charge is 2.39. The van der Waals surface area contributed by atoms with E-state index in [4.69, 9.17) is 4.74 Å². The number of piperazine rings is 1. The summed E-state index contributed by atoms with van der Waals surface area (Å²) in [6.45, 7) is 5.14. The molecule has 37 heavy (non-hydrogen) atoms. The van der Waals surface area contributed by atoms with Crippen molar-refractivity contribution in [2.75, 3.05) is 14.1 Å². The zero-order chi connectivity index (χ0) is 27.1. The van der Waals surface area contributed by atoms with Crippen LogP contribution in [0.4, 0.5) is 10.5 Å². The van der Waals surface area contributed by atoms with Crippen LogP contribution in [0.1, 0.15) is 31.9 Å². The summed E-state index contributed by atoms with van der Waals surface area (Å²) in [5.41, 5.74) is 0.416. The van der Waals surface area contributed by atoms with E-state index in [2.05, 4.69) is 0 Å². The summed E-state index contributed by atoms with van der Waals surface area (Å²) in [4.78, 5) is 53.5. The molecule has 10 nitrogen and oxygen atoms in total. The van der Waals surface area contributed by atoms with E-state index in [-0.39, 0.29) is 33.8 Å². The number of nitro benzene ring substituents is 1. The Kier molecular flexibility index (Phi) is 6.60. The van der Waals surface area contributed by atoms with Crippen LogP contribution in [-0.4, -0.2) is 62.9 Å². The number of aromatic nitrogens is 1. The van der Waals surface area contributed by atoms with Crippen molar-refractivity contribution in [3.63, 3.8) is 0 Å². The largest absolute Gasteiger partial charge is 0.443 e. The fourth-order valence-corrected chi connectivity index (χ4v) is 4.36. The monoisotopic (exact) mass is 504 g/mol. The highest BCUT2D eigenvalue weighted by molar-refractivity contribution is 6.09. The predicted molar refractivity (Wildman–Crippen MR) is 138 cm³/mol. The lowest BCUT2D eigenvalue weighted by atomic mass is 10.00. The minimum atomic E-state index is -0.796. The molecule has 4 rings (SSSR count). The van der Waals surface area contributed by atoms with Crippen molar-refractivity contribution >= 4 is 40.6 Å². The van der Waals surface area contributed by atoms with Crippen LogP contribution < -0.4 is 0 Å². The molecule has 0 saturated carbocycles. The van der Waals surface area contributed by atoms with Crippen LogP contribution in [0.3, 0.4) is 0 Å². The Balaban J connectivity index is 1.80. The topological polar surface area (TPSA) is 115 Å². The number of carbonyl (C=O) groups excluding carboxylic acids is 3. The number of fused-ring (bicyclic) bond motifs is 1. The Morgan fingerprint density at radius 3 is 2.38 bits per heavy atom. The van der Waals surface area contributed by atoms with Gasteiger partial charge in [-0.05, 0) is 38.5 Å². The highest BCUT2D eigenvalue weighted by atomic mass is 16.6. The smallest absolute Gasteiger partial charge is 0.419 e. The maximum absolute atomic E-state index is 13.4. The van der Waals surface area contributed by atoms with Gasteiger partial charge in [0.1, 0.15) is 17.3 Å². The molecule has 1 saturated heterocycles. The highest BCUT2D eigenvalue weighted by Crippen LogP contribution is 2.34. The minimum Gasteiger partial charge on any atom is -0.443 e. The van der Waals surface area contributed by atoms with Gasteiger partial charge in [0.25, 0.3) is 11.6 Å². The lowest BCUT2D eigenvalue weighted by molar-refractivity contribution is -0.383. The number of nitrogens with zero attached hydrogens (tertiary/aromatic N) is 4. The van der Waals surface area contributed by atoms with Crippen LogP contribution in [0.25, 0.3) is 17.0 Å². The number of nitro groups is 1. The van der Waals surface area contributed by atoms with Gasteiger partial charge in [0.2, 0.25) is 5.91 Å². The lowest BCUT2D eigenvalue weighted by Gasteiger charge is -2.38. The van der Waals surface area contributed by atoms with Crippen molar-refractivity contribution in [1.82, 2.24) is 14.4 Å². The number of ether oxygens (including phenoxy) is 1. The van der Waals surface area contributed by atoms with E-state index in [0.29, 0.717) is 6.42 Å². The first-order chi connectivity index (χ1) is 17.4. The van der Waals surface area contributed by atoms with Crippen LogP contribution in [0.5, 0.6) is 0 Å².